The summed E-state index contributed by atoms with van der Waals surface area (Å²) in [5.41, 5.74) is 5.89. The van der Waals surface area contributed by atoms with E-state index in [-0.39, 0.29) is 10.7 Å². The number of sulfonamides is 1. The number of aromatic nitrogens is 1. The van der Waals surface area contributed by atoms with E-state index in [9.17, 15) is 8.42 Å². The van der Waals surface area contributed by atoms with Crippen LogP contribution >= 0.6 is 15.9 Å². The molecule has 0 aliphatic heterocycles. The quantitative estimate of drug-likeness (QED) is 0.905. The third-order valence-electron chi connectivity index (χ3n) is 2.17. The van der Waals surface area contributed by atoms with E-state index in [2.05, 4.69) is 25.6 Å². The molecule has 94 valence electrons. The number of hydrogen-bond acceptors (Lipinski definition) is 4. The van der Waals surface area contributed by atoms with Gasteiger partial charge in [-0.25, -0.2) is 13.4 Å². The van der Waals surface area contributed by atoms with Crippen LogP contribution in [0.5, 0.6) is 0 Å². The summed E-state index contributed by atoms with van der Waals surface area (Å²) >= 11 is 3.28. The number of rotatable bonds is 3. The van der Waals surface area contributed by atoms with Gasteiger partial charge in [0, 0.05) is 16.4 Å². The van der Waals surface area contributed by atoms with Crippen LogP contribution < -0.4 is 10.5 Å². The number of pyridine rings is 1. The second-order valence-electron chi connectivity index (χ2n) is 3.53. The summed E-state index contributed by atoms with van der Waals surface area (Å²) in [4.78, 5) is 3.82. The topological polar surface area (TPSA) is 85.1 Å². The van der Waals surface area contributed by atoms with Crippen molar-refractivity contribution in [3.63, 3.8) is 0 Å². The molecule has 2 aromatic rings. The first kappa shape index (κ1) is 12.8. The minimum atomic E-state index is -3.63. The van der Waals surface area contributed by atoms with Crippen LogP contribution in [0.1, 0.15) is 0 Å². The van der Waals surface area contributed by atoms with Crippen molar-refractivity contribution in [2.75, 3.05) is 10.5 Å². The van der Waals surface area contributed by atoms with Crippen LogP contribution in [0.2, 0.25) is 0 Å². The number of nitrogen functional groups attached to an aromatic ring is 1. The summed E-state index contributed by atoms with van der Waals surface area (Å²) in [6, 6.07) is 9.66. The first-order valence-corrected chi connectivity index (χ1v) is 7.25. The van der Waals surface area contributed by atoms with Crippen LogP contribution in [0.15, 0.2) is 52.0 Å². The third-order valence-corrected chi connectivity index (χ3v) is 4.06. The van der Waals surface area contributed by atoms with Crippen molar-refractivity contribution in [2.24, 2.45) is 0 Å². The van der Waals surface area contributed by atoms with Gasteiger partial charge in [0.25, 0.3) is 10.0 Å². The Morgan fingerprint density at radius 2 is 1.78 bits per heavy atom. The Labute approximate surface area is 113 Å². The summed E-state index contributed by atoms with van der Waals surface area (Å²) in [6.45, 7) is 0. The Kier molecular flexibility index (Phi) is 3.53. The maximum absolute atomic E-state index is 12.0. The molecule has 0 atom stereocenters. The molecule has 0 amide bonds. The standard InChI is InChI=1S/C11H10BrN3O2S/c12-8-1-3-9(4-2-8)15-18(16,17)10-5-6-11(13)14-7-10/h1-7,15H,(H2,13,14). The lowest BCUT2D eigenvalue weighted by Gasteiger charge is -2.07. The molecule has 7 heteroatoms. The van der Waals surface area contributed by atoms with E-state index in [0.717, 1.165) is 4.47 Å². The zero-order valence-electron chi connectivity index (χ0n) is 9.17. The Balaban J connectivity index is 2.27. The summed E-state index contributed by atoms with van der Waals surface area (Å²) < 4.78 is 27.3. The molecule has 0 aliphatic rings. The summed E-state index contributed by atoms with van der Waals surface area (Å²) in [7, 11) is -3.63. The molecule has 0 bridgehead atoms. The molecule has 2 rings (SSSR count). The first-order chi connectivity index (χ1) is 8.47. The maximum Gasteiger partial charge on any atom is 0.263 e. The number of nitrogens with two attached hydrogens (primary N) is 1. The predicted octanol–water partition coefficient (Wildman–Crippen LogP) is 2.23. The Morgan fingerprint density at radius 1 is 1.11 bits per heavy atom. The summed E-state index contributed by atoms with van der Waals surface area (Å²) in [6.07, 6.45) is 1.22. The average Bonchev–Trinajstić information content (AvgIpc) is 2.32. The fourth-order valence-corrected chi connectivity index (χ4v) is 2.55. The van der Waals surface area contributed by atoms with Crippen molar-refractivity contribution in [3.05, 3.63) is 47.1 Å². The maximum atomic E-state index is 12.0. The fraction of sp³-hybridized carbons (Fsp3) is 0. The first-order valence-electron chi connectivity index (χ1n) is 4.97. The van der Waals surface area contributed by atoms with Crippen LogP contribution in [-0.4, -0.2) is 13.4 Å². The molecule has 0 saturated carbocycles. The van der Waals surface area contributed by atoms with Gasteiger partial charge in [-0.3, -0.25) is 4.72 Å². The van der Waals surface area contributed by atoms with Crippen molar-refractivity contribution in [1.82, 2.24) is 4.98 Å². The monoisotopic (exact) mass is 327 g/mol. The van der Waals surface area contributed by atoms with E-state index in [4.69, 9.17) is 5.73 Å². The van der Waals surface area contributed by atoms with Gasteiger partial charge in [-0.05, 0) is 36.4 Å². The smallest absolute Gasteiger partial charge is 0.263 e. The average molecular weight is 328 g/mol. The lowest BCUT2D eigenvalue weighted by atomic mass is 10.3. The number of benzene rings is 1. The Morgan fingerprint density at radius 3 is 2.33 bits per heavy atom. The van der Waals surface area contributed by atoms with Crippen LogP contribution in [0.3, 0.4) is 0 Å². The molecule has 1 aromatic heterocycles. The van der Waals surface area contributed by atoms with Gasteiger partial charge in [0.2, 0.25) is 0 Å². The highest BCUT2D eigenvalue weighted by molar-refractivity contribution is 9.10. The van der Waals surface area contributed by atoms with Crippen LogP contribution in [0.25, 0.3) is 0 Å². The predicted molar refractivity (Wildman–Crippen MR) is 73.6 cm³/mol. The molecular formula is C11H10BrN3O2S. The highest BCUT2D eigenvalue weighted by Crippen LogP contribution is 2.18. The van der Waals surface area contributed by atoms with Gasteiger partial charge in [-0.15, -0.1) is 0 Å². The van der Waals surface area contributed by atoms with Crippen LogP contribution in [0.4, 0.5) is 11.5 Å². The van der Waals surface area contributed by atoms with Gasteiger partial charge in [0.1, 0.15) is 10.7 Å². The van der Waals surface area contributed by atoms with Gasteiger partial charge < -0.3 is 5.73 Å². The van der Waals surface area contributed by atoms with E-state index in [1.807, 2.05) is 0 Å². The minimum absolute atomic E-state index is 0.0691. The Hall–Kier alpha value is -1.60. The van der Waals surface area contributed by atoms with Crippen LogP contribution in [0, 0.1) is 0 Å². The minimum Gasteiger partial charge on any atom is -0.384 e. The molecule has 5 nitrogen and oxygen atoms in total. The number of nitrogens with one attached hydrogen (secondary N) is 1. The highest BCUT2D eigenvalue weighted by Gasteiger charge is 2.14. The van der Waals surface area contributed by atoms with E-state index >= 15 is 0 Å². The number of nitrogens with zero attached hydrogens (tertiary/aromatic N) is 1. The van der Waals surface area contributed by atoms with E-state index in [0.29, 0.717) is 5.69 Å². The lowest BCUT2D eigenvalue weighted by molar-refractivity contribution is 0.601. The van der Waals surface area contributed by atoms with Crippen molar-refractivity contribution >= 4 is 37.5 Å². The van der Waals surface area contributed by atoms with Crippen molar-refractivity contribution in [1.29, 1.82) is 0 Å². The van der Waals surface area contributed by atoms with E-state index in [1.54, 1.807) is 24.3 Å². The van der Waals surface area contributed by atoms with Gasteiger partial charge in [0.05, 0.1) is 0 Å². The molecule has 1 aromatic carbocycles. The molecule has 1 heterocycles. The molecule has 18 heavy (non-hydrogen) atoms. The number of anilines is 2. The molecule has 0 unspecified atom stereocenters. The second kappa shape index (κ2) is 4.95. The number of halogens is 1. The lowest BCUT2D eigenvalue weighted by Crippen LogP contribution is -2.13. The van der Waals surface area contributed by atoms with Gasteiger partial charge >= 0.3 is 0 Å². The van der Waals surface area contributed by atoms with Gasteiger partial charge in [0.15, 0.2) is 0 Å². The fourth-order valence-electron chi connectivity index (χ4n) is 1.28. The zero-order chi connectivity index (χ0) is 13.2. The SMILES string of the molecule is Nc1ccc(S(=O)(=O)Nc2ccc(Br)cc2)cn1. The molecule has 0 radical (unpaired) electrons. The molecule has 3 N–H and O–H groups in total. The zero-order valence-corrected chi connectivity index (χ0v) is 11.6. The van der Waals surface area contributed by atoms with Gasteiger partial charge in [-0.1, -0.05) is 15.9 Å². The van der Waals surface area contributed by atoms with Gasteiger partial charge in [-0.2, -0.15) is 0 Å². The van der Waals surface area contributed by atoms with Crippen molar-refractivity contribution < 1.29 is 8.42 Å². The van der Waals surface area contributed by atoms with E-state index in [1.165, 1.54) is 18.3 Å². The van der Waals surface area contributed by atoms with Crippen LogP contribution in [-0.2, 0) is 10.0 Å². The summed E-state index contributed by atoms with van der Waals surface area (Å²) in [5, 5.41) is 0. The normalized spacial score (nSPS) is 11.2. The number of hydrogen-bond donors (Lipinski definition) is 2. The second-order valence-corrected chi connectivity index (χ2v) is 6.13. The largest absolute Gasteiger partial charge is 0.384 e. The summed E-state index contributed by atoms with van der Waals surface area (Å²) in [5.74, 6) is 0.276. The highest BCUT2D eigenvalue weighted by atomic mass is 79.9. The molecule has 0 fully saturated rings. The third kappa shape index (κ3) is 2.99. The molecule has 0 spiro atoms. The molecule has 0 aliphatic carbocycles. The Bertz CT molecular complexity index is 639. The van der Waals surface area contributed by atoms with Crippen molar-refractivity contribution in [3.8, 4) is 0 Å². The molecule has 0 saturated heterocycles. The van der Waals surface area contributed by atoms with Crippen molar-refractivity contribution in [2.45, 2.75) is 4.90 Å². The molecular weight excluding hydrogens is 318 g/mol. The van der Waals surface area contributed by atoms with E-state index < -0.39 is 10.0 Å².